The van der Waals surface area contributed by atoms with Gasteiger partial charge in [-0.15, -0.1) is 0 Å². The SMILES string of the molecule is Cc1cccc(N2OC3CCC2(CCCO[Si](C)(C)C(C)(C)C)C=C3OS(=O)(=O)C(F)(F)F)n1. The van der Waals surface area contributed by atoms with Crippen molar-refractivity contribution in [3.8, 4) is 0 Å². The van der Waals surface area contributed by atoms with Crippen molar-refractivity contribution in [3.05, 3.63) is 35.7 Å². The monoisotopic (exact) mass is 522 g/mol. The first-order valence-electron chi connectivity index (χ1n) is 11.3. The molecule has 0 aromatic carbocycles. The molecule has 2 aliphatic heterocycles. The van der Waals surface area contributed by atoms with Crippen molar-refractivity contribution in [2.24, 2.45) is 0 Å². The first kappa shape index (κ1) is 27.0. The molecule has 1 aromatic heterocycles. The Morgan fingerprint density at radius 1 is 1.26 bits per heavy atom. The molecular weight excluding hydrogens is 489 g/mol. The summed E-state index contributed by atoms with van der Waals surface area (Å²) < 4.78 is 73.0. The average molecular weight is 523 g/mol. The van der Waals surface area contributed by atoms with Gasteiger partial charge in [0.15, 0.2) is 14.1 Å². The summed E-state index contributed by atoms with van der Waals surface area (Å²) >= 11 is 0. The van der Waals surface area contributed by atoms with Gasteiger partial charge in [0.05, 0.1) is 5.54 Å². The highest BCUT2D eigenvalue weighted by atomic mass is 32.2. The zero-order chi connectivity index (χ0) is 25.6. The highest BCUT2D eigenvalue weighted by Crippen LogP contribution is 2.46. The summed E-state index contributed by atoms with van der Waals surface area (Å²) in [7, 11) is -7.77. The lowest BCUT2D eigenvalue weighted by atomic mass is 9.80. The van der Waals surface area contributed by atoms with Crippen molar-refractivity contribution >= 4 is 24.3 Å². The number of pyridine rings is 1. The predicted molar refractivity (Wildman–Crippen MR) is 125 cm³/mol. The third-order valence-electron chi connectivity index (χ3n) is 6.80. The molecule has 3 heterocycles. The van der Waals surface area contributed by atoms with Crippen LogP contribution in [0.25, 0.3) is 0 Å². The van der Waals surface area contributed by atoms with Crippen molar-refractivity contribution < 1.29 is 35.0 Å². The van der Waals surface area contributed by atoms with E-state index in [4.69, 9.17) is 9.26 Å². The van der Waals surface area contributed by atoms with Crippen molar-refractivity contribution in [2.45, 2.75) is 88.7 Å². The summed E-state index contributed by atoms with van der Waals surface area (Å²) in [5.41, 5.74) is -5.69. The molecule has 2 unspecified atom stereocenters. The van der Waals surface area contributed by atoms with Gasteiger partial charge in [-0.25, -0.2) is 10.0 Å². The number of hydrogen-bond acceptors (Lipinski definition) is 7. The molecule has 0 spiro atoms. The number of anilines is 1. The molecular formula is C22H33F3N2O5SSi. The largest absolute Gasteiger partial charge is 0.534 e. The minimum Gasteiger partial charge on any atom is -0.417 e. The quantitative estimate of drug-likeness (QED) is 0.190. The van der Waals surface area contributed by atoms with Gasteiger partial charge in [-0.05, 0) is 68.9 Å². The molecule has 2 bridgehead atoms. The summed E-state index contributed by atoms with van der Waals surface area (Å²) in [4.78, 5) is 10.5. The van der Waals surface area contributed by atoms with Gasteiger partial charge in [-0.2, -0.15) is 21.6 Å². The number of alkyl halides is 3. The van der Waals surface area contributed by atoms with E-state index in [1.807, 2.05) is 19.1 Å². The third-order valence-corrected chi connectivity index (χ3v) is 12.3. The molecule has 1 aliphatic carbocycles. The Morgan fingerprint density at radius 2 is 1.94 bits per heavy atom. The number of fused-ring (bicyclic) bond motifs is 2. The fourth-order valence-corrected chi connectivity index (χ4v) is 5.44. The summed E-state index contributed by atoms with van der Waals surface area (Å²) in [5, 5.41) is 1.63. The molecule has 0 radical (unpaired) electrons. The molecule has 0 amide bonds. The van der Waals surface area contributed by atoms with E-state index in [2.05, 4.69) is 43.0 Å². The van der Waals surface area contributed by atoms with E-state index in [0.717, 1.165) is 5.69 Å². The molecule has 1 saturated heterocycles. The summed E-state index contributed by atoms with van der Waals surface area (Å²) in [5.74, 6) is 0.168. The zero-order valence-electron chi connectivity index (χ0n) is 20.4. The number of hydroxylamine groups is 1. The Hall–Kier alpha value is -1.63. The van der Waals surface area contributed by atoms with Gasteiger partial charge < -0.3 is 8.61 Å². The van der Waals surface area contributed by atoms with Crippen LogP contribution in [0.4, 0.5) is 19.0 Å². The van der Waals surface area contributed by atoms with Crippen molar-refractivity contribution in [3.63, 3.8) is 0 Å². The maximum atomic E-state index is 13.0. The second-order valence-corrected chi connectivity index (χ2v) is 16.8. The van der Waals surface area contributed by atoms with E-state index in [-0.39, 0.29) is 10.8 Å². The Morgan fingerprint density at radius 3 is 2.53 bits per heavy atom. The molecule has 3 aliphatic rings. The fourth-order valence-electron chi connectivity index (χ4n) is 3.85. The summed E-state index contributed by atoms with van der Waals surface area (Å²) in [6, 6.07) is 5.39. The number of rotatable bonds is 8. The Labute approximate surface area is 200 Å². The Bertz CT molecular complexity index is 1040. The van der Waals surface area contributed by atoms with E-state index >= 15 is 0 Å². The molecule has 1 aromatic rings. The van der Waals surface area contributed by atoms with Crippen molar-refractivity contribution in [1.82, 2.24) is 4.98 Å². The lowest BCUT2D eigenvalue weighted by molar-refractivity contribution is -0.0717. The van der Waals surface area contributed by atoms with E-state index in [0.29, 0.717) is 38.1 Å². The normalized spacial score (nSPS) is 23.7. The number of halogens is 3. The first-order chi connectivity index (χ1) is 15.5. The Kier molecular flexibility index (Phi) is 7.22. The highest BCUT2D eigenvalue weighted by molar-refractivity contribution is 7.87. The van der Waals surface area contributed by atoms with Gasteiger partial charge in [-0.3, -0.25) is 4.84 Å². The zero-order valence-corrected chi connectivity index (χ0v) is 22.2. The smallest absolute Gasteiger partial charge is 0.417 e. The molecule has 4 rings (SSSR count). The lowest BCUT2D eigenvalue weighted by Crippen LogP contribution is -2.58. The first-order valence-corrected chi connectivity index (χ1v) is 15.6. The second kappa shape index (κ2) is 9.10. The molecule has 7 nitrogen and oxygen atoms in total. The molecule has 0 N–H and O–H groups in total. The Balaban J connectivity index is 1.88. The van der Waals surface area contributed by atoms with E-state index < -0.39 is 35.6 Å². The van der Waals surface area contributed by atoms with Gasteiger partial charge >= 0.3 is 15.6 Å². The minimum absolute atomic E-state index is 0.0433. The minimum atomic E-state index is -5.80. The average Bonchev–Trinajstić information content (AvgIpc) is 2.70. The maximum Gasteiger partial charge on any atom is 0.534 e. The number of nitrogens with zero attached hydrogens (tertiary/aromatic N) is 2. The molecule has 12 heteroatoms. The molecule has 192 valence electrons. The molecule has 0 saturated carbocycles. The van der Waals surface area contributed by atoms with Gasteiger partial charge in [0.25, 0.3) is 0 Å². The number of aromatic nitrogens is 1. The van der Waals surface area contributed by atoms with Crippen LogP contribution in [-0.4, -0.2) is 45.5 Å². The fraction of sp³-hybridized carbons (Fsp3) is 0.682. The van der Waals surface area contributed by atoms with Crippen LogP contribution in [0, 0.1) is 6.92 Å². The van der Waals surface area contributed by atoms with Gasteiger partial charge in [-0.1, -0.05) is 26.8 Å². The van der Waals surface area contributed by atoms with Crippen LogP contribution < -0.4 is 5.06 Å². The van der Waals surface area contributed by atoms with Crippen LogP contribution in [0.2, 0.25) is 18.1 Å². The standard InChI is InChI=1S/C22H33F3N2O5SSi/c1-16-9-7-10-19(26-16)27-21(12-8-14-30-34(5,6)20(2,3)4)13-11-17(31-27)18(15-21)32-33(28,29)22(23,24)25/h7,9-10,15,17H,8,11-14H2,1-6H3. The van der Waals surface area contributed by atoms with E-state index in [9.17, 15) is 21.6 Å². The topological polar surface area (TPSA) is 78.0 Å². The molecule has 34 heavy (non-hydrogen) atoms. The van der Waals surface area contributed by atoms with Gasteiger partial charge in [0, 0.05) is 12.3 Å². The highest BCUT2D eigenvalue weighted by Gasteiger charge is 2.54. The van der Waals surface area contributed by atoms with Crippen LogP contribution in [-0.2, 0) is 23.6 Å². The molecule has 1 fully saturated rings. The van der Waals surface area contributed by atoms with Crippen LogP contribution >= 0.6 is 0 Å². The van der Waals surface area contributed by atoms with E-state index in [1.165, 1.54) is 6.08 Å². The van der Waals surface area contributed by atoms with Gasteiger partial charge in [0.1, 0.15) is 11.9 Å². The predicted octanol–water partition coefficient (Wildman–Crippen LogP) is 5.59. The third kappa shape index (κ3) is 5.44. The summed E-state index contributed by atoms with van der Waals surface area (Å²) in [6.45, 7) is 13.0. The van der Waals surface area contributed by atoms with E-state index in [1.54, 1.807) is 11.1 Å². The van der Waals surface area contributed by atoms with Crippen LogP contribution in [0.15, 0.2) is 30.0 Å². The van der Waals surface area contributed by atoms with Crippen molar-refractivity contribution in [1.29, 1.82) is 0 Å². The van der Waals surface area contributed by atoms with Crippen molar-refractivity contribution in [2.75, 3.05) is 11.7 Å². The van der Waals surface area contributed by atoms with Gasteiger partial charge in [0.2, 0.25) is 0 Å². The van der Waals surface area contributed by atoms with Crippen LogP contribution in [0.1, 0.15) is 52.1 Å². The van der Waals surface area contributed by atoms with Crippen LogP contribution in [0.3, 0.4) is 0 Å². The number of aryl methyl sites for hydroxylation is 1. The van der Waals surface area contributed by atoms with Crippen LogP contribution in [0.5, 0.6) is 0 Å². The maximum absolute atomic E-state index is 13.0. The lowest BCUT2D eigenvalue weighted by Gasteiger charge is -2.51. The summed E-state index contributed by atoms with van der Waals surface area (Å²) in [6.07, 6.45) is 2.44. The second-order valence-electron chi connectivity index (χ2n) is 10.4. The number of hydrogen-bond donors (Lipinski definition) is 0. The molecule has 2 atom stereocenters.